The van der Waals surface area contributed by atoms with Gasteiger partial charge in [-0.3, -0.25) is 9.69 Å². The molecule has 3 rings (SSSR count). The maximum Gasteiger partial charge on any atom is 0.234 e. The SMILES string of the molecule is CSc1ccc(CN(C)CC(=O)NC(c2ccc3c(c2)OCCCO3)C(C)C)cc1. The number of thioether (sulfide) groups is 1. The summed E-state index contributed by atoms with van der Waals surface area (Å²) in [5, 5.41) is 3.21. The maximum atomic E-state index is 12.8. The molecular weight excluding hydrogens is 396 g/mol. The monoisotopic (exact) mass is 428 g/mol. The summed E-state index contributed by atoms with van der Waals surface area (Å²) >= 11 is 1.73. The second-order valence-corrected chi connectivity index (χ2v) is 8.95. The van der Waals surface area contributed by atoms with Gasteiger partial charge < -0.3 is 14.8 Å². The fourth-order valence-electron chi connectivity index (χ4n) is 3.57. The van der Waals surface area contributed by atoms with Crippen LogP contribution in [-0.4, -0.2) is 43.9 Å². The highest BCUT2D eigenvalue weighted by Gasteiger charge is 2.21. The highest BCUT2D eigenvalue weighted by atomic mass is 32.2. The molecule has 2 aromatic rings. The van der Waals surface area contributed by atoms with Gasteiger partial charge >= 0.3 is 0 Å². The van der Waals surface area contributed by atoms with Crippen LogP contribution in [0.4, 0.5) is 0 Å². The van der Waals surface area contributed by atoms with Crippen LogP contribution in [0.1, 0.15) is 37.4 Å². The number of nitrogens with zero attached hydrogens (tertiary/aromatic N) is 1. The van der Waals surface area contributed by atoms with Crippen LogP contribution in [0.15, 0.2) is 47.4 Å². The topological polar surface area (TPSA) is 50.8 Å². The first-order chi connectivity index (χ1) is 14.5. The van der Waals surface area contributed by atoms with E-state index in [1.54, 1.807) is 11.8 Å². The third-order valence-electron chi connectivity index (χ3n) is 5.14. The van der Waals surface area contributed by atoms with Gasteiger partial charge in [-0.1, -0.05) is 32.0 Å². The molecule has 0 radical (unpaired) electrons. The zero-order chi connectivity index (χ0) is 21.5. The molecule has 1 atom stereocenters. The van der Waals surface area contributed by atoms with Crippen molar-refractivity contribution in [3.63, 3.8) is 0 Å². The molecule has 0 aliphatic carbocycles. The number of rotatable bonds is 8. The number of carbonyl (C=O) groups excluding carboxylic acids is 1. The lowest BCUT2D eigenvalue weighted by molar-refractivity contribution is -0.123. The lowest BCUT2D eigenvalue weighted by Crippen LogP contribution is -2.38. The van der Waals surface area contributed by atoms with Gasteiger partial charge in [-0.2, -0.15) is 0 Å². The van der Waals surface area contributed by atoms with Crippen LogP contribution >= 0.6 is 11.8 Å². The molecule has 1 aliphatic rings. The van der Waals surface area contributed by atoms with Crippen molar-refractivity contribution >= 4 is 17.7 Å². The van der Waals surface area contributed by atoms with Crippen LogP contribution in [-0.2, 0) is 11.3 Å². The molecule has 1 unspecified atom stereocenters. The van der Waals surface area contributed by atoms with Crippen molar-refractivity contribution in [3.8, 4) is 11.5 Å². The third kappa shape index (κ3) is 6.16. The summed E-state index contributed by atoms with van der Waals surface area (Å²) in [7, 11) is 1.97. The Morgan fingerprint density at radius 1 is 1.10 bits per heavy atom. The van der Waals surface area contributed by atoms with Gasteiger partial charge in [0.2, 0.25) is 5.91 Å². The smallest absolute Gasteiger partial charge is 0.234 e. The molecule has 1 amide bonds. The molecule has 6 heteroatoms. The van der Waals surface area contributed by atoms with Crippen molar-refractivity contribution in [1.82, 2.24) is 10.2 Å². The van der Waals surface area contributed by atoms with E-state index in [-0.39, 0.29) is 17.9 Å². The van der Waals surface area contributed by atoms with Gasteiger partial charge in [-0.05, 0) is 54.6 Å². The Labute approximate surface area is 184 Å². The first kappa shape index (κ1) is 22.5. The second-order valence-electron chi connectivity index (χ2n) is 8.07. The summed E-state index contributed by atoms with van der Waals surface area (Å²) in [5.41, 5.74) is 2.24. The van der Waals surface area contributed by atoms with Crippen LogP contribution in [0.3, 0.4) is 0 Å². The van der Waals surface area contributed by atoms with Crippen molar-refractivity contribution in [1.29, 1.82) is 0 Å². The van der Waals surface area contributed by atoms with Crippen molar-refractivity contribution < 1.29 is 14.3 Å². The van der Waals surface area contributed by atoms with Gasteiger partial charge in [0, 0.05) is 17.9 Å². The standard InChI is InChI=1S/C24H32N2O3S/c1-17(2)24(19-8-11-21-22(14-19)29-13-5-12-28-21)25-23(27)16-26(3)15-18-6-9-20(30-4)10-7-18/h6-11,14,17,24H,5,12-13,15-16H2,1-4H3,(H,25,27). The molecule has 0 saturated heterocycles. The Morgan fingerprint density at radius 2 is 1.80 bits per heavy atom. The fourth-order valence-corrected chi connectivity index (χ4v) is 3.98. The molecule has 1 N–H and O–H groups in total. The van der Waals surface area contributed by atoms with Crippen LogP contribution in [0, 0.1) is 5.92 Å². The maximum absolute atomic E-state index is 12.8. The molecule has 0 aromatic heterocycles. The molecule has 1 heterocycles. The predicted molar refractivity (Wildman–Crippen MR) is 122 cm³/mol. The number of hydrogen-bond donors (Lipinski definition) is 1. The minimum Gasteiger partial charge on any atom is -0.490 e. The lowest BCUT2D eigenvalue weighted by Gasteiger charge is -2.25. The number of likely N-dealkylation sites (N-methyl/N-ethyl adjacent to an activating group) is 1. The third-order valence-corrected chi connectivity index (χ3v) is 5.88. The van der Waals surface area contributed by atoms with Crippen LogP contribution in [0.25, 0.3) is 0 Å². The van der Waals surface area contributed by atoms with Crippen LogP contribution in [0.5, 0.6) is 11.5 Å². The number of fused-ring (bicyclic) bond motifs is 1. The molecule has 1 aliphatic heterocycles. The molecule has 5 nitrogen and oxygen atoms in total. The number of hydrogen-bond acceptors (Lipinski definition) is 5. The summed E-state index contributed by atoms with van der Waals surface area (Å²) in [5.74, 6) is 1.81. The average Bonchev–Trinajstić information content (AvgIpc) is 2.97. The van der Waals surface area contributed by atoms with Gasteiger partial charge in [0.15, 0.2) is 11.5 Å². The van der Waals surface area contributed by atoms with E-state index in [0.29, 0.717) is 19.8 Å². The molecular formula is C24H32N2O3S. The molecule has 30 heavy (non-hydrogen) atoms. The zero-order valence-electron chi connectivity index (χ0n) is 18.3. The first-order valence-electron chi connectivity index (χ1n) is 10.5. The Hall–Kier alpha value is -2.18. The molecule has 0 fully saturated rings. The normalized spacial score (nSPS) is 14.5. The largest absolute Gasteiger partial charge is 0.490 e. The summed E-state index contributed by atoms with van der Waals surface area (Å²) in [6, 6.07) is 14.4. The molecule has 2 aromatic carbocycles. The highest BCUT2D eigenvalue weighted by Crippen LogP contribution is 2.34. The summed E-state index contributed by atoms with van der Waals surface area (Å²) in [4.78, 5) is 16.0. The van der Waals surface area contributed by atoms with E-state index in [9.17, 15) is 4.79 Å². The Morgan fingerprint density at radius 3 is 2.47 bits per heavy atom. The quantitative estimate of drug-likeness (QED) is 0.627. The Bertz CT molecular complexity index is 839. The molecule has 0 saturated carbocycles. The summed E-state index contributed by atoms with van der Waals surface area (Å²) in [6.07, 6.45) is 2.95. The minimum absolute atomic E-state index is 0.0176. The van der Waals surface area contributed by atoms with Crippen molar-refractivity contribution in [2.45, 2.75) is 37.8 Å². The molecule has 162 valence electrons. The molecule has 0 bridgehead atoms. The number of ether oxygens (including phenoxy) is 2. The Balaban J connectivity index is 1.61. The van der Waals surface area contributed by atoms with E-state index in [0.717, 1.165) is 30.0 Å². The minimum atomic E-state index is -0.0797. The van der Waals surface area contributed by atoms with E-state index < -0.39 is 0 Å². The van der Waals surface area contributed by atoms with E-state index in [2.05, 4.69) is 49.7 Å². The van der Waals surface area contributed by atoms with E-state index in [1.165, 1.54) is 10.5 Å². The van der Waals surface area contributed by atoms with Gasteiger partial charge in [0.05, 0.1) is 25.8 Å². The van der Waals surface area contributed by atoms with Crippen LogP contribution in [0.2, 0.25) is 0 Å². The number of carbonyl (C=O) groups is 1. The van der Waals surface area contributed by atoms with Crippen LogP contribution < -0.4 is 14.8 Å². The van der Waals surface area contributed by atoms with Crippen molar-refractivity contribution in [2.24, 2.45) is 5.92 Å². The van der Waals surface area contributed by atoms with Gasteiger partial charge in [-0.15, -0.1) is 11.8 Å². The van der Waals surface area contributed by atoms with Gasteiger partial charge in [-0.25, -0.2) is 0 Å². The van der Waals surface area contributed by atoms with Gasteiger partial charge in [0.25, 0.3) is 0 Å². The molecule has 0 spiro atoms. The highest BCUT2D eigenvalue weighted by molar-refractivity contribution is 7.98. The Kier molecular flexibility index (Phi) is 8.05. The second kappa shape index (κ2) is 10.7. The number of amides is 1. The first-order valence-corrected chi connectivity index (χ1v) is 11.7. The lowest BCUT2D eigenvalue weighted by atomic mass is 9.95. The van der Waals surface area contributed by atoms with E-state index in [4.69, 9.17) is 9.47 Å². The predicted octanol–water partition coefficient (Wildman–Crippen LogP) is 4.52. The number of benzene rings is 2. The van der Waals surface area contributed by atoms with Gasteiger partial charge in [0.1, 0.15) is 0 Å². The number of nitrogens with one attached hydrogen (secondary N) is 1. The van der Waals surface area contributed by atoms with Crippen molar-refractivity contribution in [2.75, 3.05) is 33.1 Å². The summed E-state index contributed by atoms with van der Waals surface area (Å²) < 4.78 is 11.6. The average molecular weight is 429 g/mol. The van der Waals surface area contributed by atoms with Crippen molar-refractivity contribution in [3.05, 3.63) is 53.6 Å². The fraction of sp³-hybridized carbons (Fsp3) is 0.458. The zero-order valence-corrected chi connectivity index (χ0v) is 19.1. The summed E-state index contributed by atoms with van der Waals surface area (Å²) in [6.45, 7) is 6.63. The van der Waals surface area contributed by atoms with E-state index >= 15 is 0 Å². The van der Waals surface area contributed by atoms with E-state index in [1.807, 2.05) is 30.1 Å².